The second kappa shape index (κ2) is 10.2. The maximum atomic E-state index is 13.1. The molecule has 2 aromatic rings. The summed E-state index contributed by atoms with van der Waals surface area (Å²) in [6.45, 7) is 0.479. The molecule has 0 spiro atoms. The number of nitrogens with zero attached hydrogens (tertiary/aromatic N) is 2. The van der Waals surface area contributed by atoms with Crippen LogP contribution >= 0.6 is 11.8 Å². The fourth-order valence-corrected chi connectivity index (χ4v) is 4.15. The van der Waals surface area contributed by atoms with Gasteiger partial charge in [0.25, 0.3) is 5.56 Å². The van der Waals surface area contributed by atoms with Crippen molar-refractivity contribution in [2.75, 3.05) is 19.3 Å². The zero-order valence-corrected chi connectivity index (χ0v) is 17.4. The molecule has 1 aliphatic rings. The molecular formula is C21H26N4O3S. The average molecular weight is 415 g/mol. The third-order valence-electron chi connectivity index (χ3n) is 4.93. The van der Waals surface area contributed by atoms with Crippen molar-refractivity contribution in [2.24, 2.45) is 0 Å². The molecule has 1 aromatic heterocycles. The lowest BCUT2D eigenvalue weighted by atomic mass is 9.97. The van der Waals surface area contributed by atoms with E-state index in [-0.39, 0.29) is 29.7 Å². The highest BCUT2D eigenvalue weighted by Crippen LogP contribution is 2.22. The first kappa shape index (κ1) is 21.1. The van der Waals surface area contributed by atoms with Crippen molar-refractivity contribution in [3.8, 4) is 0 Å². The molecule has 2 N–H and O–H groups in total. The third-order valence-corrected chi connectivity index (χ3v) is 5.90. The average Bonchev–Trinajstić information content (AvgIpc) is 2.76. The van der Waals surface area contributed by atoms with Gasteiger partial charge in [0.15, 0.2) is 5.16 Å². The first-order chi connectivity index (χ1) is 14.1. The number of benzene rings is 1. The van der Waals surface area contributed by atoms with E-state index in [0.717, 1.165) is 19.3 Å². The first-order valence-corrected chi connectivity index (χ1v) is 10.8. The number of rotatable bonds is 8. The van der Waals surface area contributed by atoms with Crippen molar-refractivity contribution < 1.29 is 9.59 Å². The third kappa shape index (κ3) is 5.69. The van der Waals surface area contributed by atoms with E-state index in [1.807, 2.05) is 12.1 Å². The van der Waals surface area contributed by atoms with Crippen LogP contribution in [0.3, 0.4) is 0 Å². The van der Waals surface area contributed by atoms with Gasteiger partial charge in [0.1, 0.15) is 0 Å². The summed E-state index contributed by atoms with van der Waals surface area (Å²) in [5.74, 6) is -0.447. The minimum Gasteiger partial charge on any atom is -0.358 e. The largest absolute Gasteiger partial charge is 0.358 e. The van der Waals surface area contributed by atoms with Crippen LogP contribution in [-0.4, -0.2) is 40.7 Å². The Morgan fingerprint density at radius 3 is 2.79 bits per heavy atom. The number of hydrogen-bond acceptors (Lipinski definition) is 5. The lowest BCUT2D eigenvalue weighted by Crippen LogP contribution is -2.36. The molecule has 0 unspecified atom stereocenters. The van der Waals surface area contributed by atoms with Gasteiger partial charge in [-0.2, -0.15) is 0 Å². The van der Waals surface area contributed by atoms with E-state index in [1.54, 1.807) is 16.7 Å². The monoisotopic (exact) mass is 414 g/mol. The molecule has 1 aromatic carbocycles. The number of fused-ring (bicyclic) bond motifs is 1. The molecule has 2 amide bonds. The topological polar surface area (TPSA) is 93.1 Å². The lowest BCUT2D eigenvalue weighted by Gasteiger charge is -2.16. The quantitative estimate of drug-likeness (QED) is 0.393. The number of allylic oxidation sites excluding steroid dienone is 2. The number of thioether (sulfide) groups is 1. The van der Waals surface area contributed by atoms with Crippen molar-refractivity contribution in [1.82, 2.24) is 20.2 Å². The molecule has 0 saturated heterocycles. The van der Waals surface area contributed by atoms with Gasteiger partial charge < -0.3 is 10.6 Å². The predicted molar refractivity (Wildman–Crippen MR) is 115 cm³/mol. The molecule has 0 radical (unpaired) electrons. The molecule has 7 nitrogen and oxygen atoms in total. The van der Waals surface area contributed by atoms with Gasteiger partial charge in [-0.25, -0.2) is 4.98 Å². The van der Waals surface area contributed by atoms with Crippen LogP contribution in [0.4, 0.5) is 0 Å². The van der Waals surface area contributed by atoms with E-state index in [1.165, 1.54) is 37.2 Å². The highest BCUT2D eigenvalue weighted by Gasteiger charge is 2.14. The summed E-state index contributed by atoms with van der Waals surface area (Å²) < 4.78 is 1.68. The molecule has 0 saturated carbocycles. The summed E-state index contributed by atoms with van der Waals surface area (Å²) in [4.78, 5) is 41.0. The van der Waals surface area contributed by atoms with Crippen LogP contribution < -0.4 is 16.2 Å². The lowest BCUT2D eigenvalue weighted by molar-refractivity contribution is -0.124. The maximum absolute atomic E-state index is 13.1. The number of nitrogens with one attached hydrogen (secondary N) is 2. The van der Waals surface area contributed by atoms with Gasteiger partial charge in [0.05, 0.1) is 23.2 Å². The fraction of sp³-hybridized carbons (Fsp3) is 0.429. The van der Waals surface area contributed by atoms with Crippen LogP contribution in [0.1, 0.15) is 32.1 Å². The van der Waals surface area contributed by atoms with Crippen LogP contribution in [0.15, 0.2) is 45.9 Å². The van der Waals surface area contributed by atoms with Gasteiger partial charge >= 0.3 is 0 Å². The van der Waals surface area contributed by atoms with Crippen molar-refractivity contribution in [1.29, 1.82) is 0 Å². The minimum atomic E-state index is -0.275. The molecule has 154 valence electrons. The van der Waals surface area contributed by atoms with Gasteiger partial charge in [-0.3, -0.25) is 19.0 Å². The summed E-state index contributed by atoms with van der Waals surface area (Å²) in [5, 5.41) is 6.13. The van der Waals surface area contributed by atoms with E-state index >= 15 is 0 Å². The first-order valence-electron chi connectivity index (χ1n) is 9.86. The molecule has 29 heavy (non-hydrogen) atoms. The normalized spacial score (nSPS) is 13.8. The van der Waals surface area contributed by atoms with Crippen molar-refractivity contribution in [3.05, 3.63) is 46.3 Å². The Labute approximate surface area is 174 Å². The van der Waals surface area contributed by atoms with Crippen molar-refractivity contribution in [3.63, 3.8) is 0 Å². The van der Waals surface area contributed by atoms with Gasteiger partial charge in [-0.1, -0.05) is 35.5 Å². The number of likely N-dealkylation sites (N-methyl/N-ethyl adjacent to an activating group) is 1. The van der Waals surface area contributed by atoms with Crippen LogP contribution in [-0.2, 0) is 16.1 Å². The van der Waals surface area contributed by atoms with Gasteiger partial charge in [-0.15, -0.1) is 0 Å². The number of aromatic nitrogens is 2. The smallest absolute Gasteiger partial charge is 0.262 e. The Kier molecular flexibility index (Phi) is 7.46. The molecular weight excluding hydrogens is 388 g/mol. The van der Waals surface area contributed by atoms with Crippen molar-refractivity contribution >= 4 is 34.5 Å². The summed E-state index contributed by atoms with van der Waals surface area (Å²) in [6, 6.07) is 7.26. The Morgan fingerprint density at radius 2 is 2.03 bits per heavy atom. The molecule has 0 bridgehead atoms. The summed E-state index contributed by atoms with van der Waals surface area (Å²) >= 11 is 1.22. The maximum Gasteiger partial charge on any atom is 0.262 e. The van der Waals surface area contributed by atoms with Gasteiger partial charge in [0.2, 0.25) is 11.8 Å². The van der Waals surface area contributed by atoms with E-state index in [0.29, 0.717) is 22.6 Å². The number of hydrogen-bond donors (Lipinski definition) is 2. The minimum absolute atomic E-state index is 0.0675. The molecule has 0 fully saturated rings. The summed E-state index contributed by atoms with van der Waals surface area (Å²) in [7, 11) is 1.52. The standard InChI is InChI=1S/C21H26N4O3S/c1-22-18(26)13-23-19(27)14-29-21-24-17-10-6-5-9-16(17)20(28)25(21)12-11-15-7-3-2-4-8-15/h5-7,9-10H,2-4,8,11-14H2,1H3,(H,22,26)(H,23,27). The SMILES string of the molecule is CNC(=O)CNC(=O)CSc1nc2ccccc2c(=O)n1CCC1=CCCCC1. The number of carbonyl (C=O) groups excluding carboxylic acids is 2. The van der Waals surface area contributed by atoms with E-state index in [2.05, 4.69) is 21.7 Å². The van der Waals surface area contributed by atoms with Crippen LogP contribution in [0.5, 0.6) is 0 Å². The fourth-order valence-electron chi connectivity index (χ4n) is 3.29. The molecule has 1 heterocycles. The Morgan fingerprint density at radius 1 is 1.21 bits per heavy atom. The van der Waals surface area contributed by atoms with Crippen LogP contribution in [0.2, 0.25) is 0 Å². The van der Waals surface area contributed by atoms with Crippen LogP contribution in [0, 0.1) is 0 Å². The molecule has 1 aliphatic carbocycles. The number of carbonyl (C=O) groups is 2. The zero-order chi connectivity index (χ0) is 20.6. The zero-order valence-electron chi connectivity index (χ0n) is 16.6. The summed E-state index contributed by atoms with van der Waals surface area (Å²) in [5.41, 5.74) is 1.93. The Balaban J connectivity index is 1.78. The van der Waals surface area contributed by atoms with E-state index < -0.39 is 0 Å². The highest BCUT2D eigenvalue weighted by atomic mass is 32.2. The molecule has 0 atom stereocenters. The number of para-hydroxylation sites is 1. The molecule has 3 rings (SSSR count). The second-order valence-electron chi connectivity index (χ2n) is 6.97. The Bertz CT molecular complexity index is 984. The number of amides is 2. The molecule has 0 aliphatic heterocycles. The van der Waals surface area contributed by atoms with Crippen LogP contribution in [0.25, 0.3) is 10.9 Å². The second-order valence-corrected chi connectivity index (χ2v) is 7.91. The van der Waals surface area contributed by atoms with E-state index in [4.69, 9.17) is 0 Å². The van der Waals surface area contributed by atoms with Gasteiger partial charge in [-0.05, 0) is 44.2 Å². The Hall–Kier alpha value is -2.61. The van der Waals surface area contributed by atoms with Gasteiger partial charge in [0, 0.05) is 13.6 Å². The van der Waals surface area contributed by atoms with E-state index in [9.17, 15) is 14.4 Å². The van der Waals surface area contributed by atoms with Crippen molar-refractivity contribution in [2.45, 2.75) is 43.8 Å². The molecule has 8 heteroatoms. The summed E-state index contributed by atoms with van der Waals surface area (Å²) in [6.07, 6.45) is 7.71. The highest BCUT2D eigenvalue weighted by molar-refractivity contribution is 7.99. The predicted octanol–water partition coefficient (Wildman–Crippen LogP) is 2.24.